The summed E-state index contributed by atoms with van der Waals surface area (Å²) in [5.41, 5.74) is 8.73. The molecule has 2 aliphatic heterocycles. The van der Waals surface area contributed by atoms with Gasteiger partial charge in [0.15, 0.2) is 0 Å². The van der Waals surface area contributed by atoms with Gasteiger partial charge in [0.2, 0.25) is 0 Å². The molecule has 0 radical (unpaired) electrons. The second-order valence-corrected chi connectivity index (χ2v) is 9.83. The molecular formula is C21H22Cl2N6S. The number of fused-ring (bicyclic) bond motifs is 1. The number of hydrogen-bond acceptors (Lipinski definition) is 6. The van der Waals surface area contributed by atoms with Crippen LogP contribution in [0.2, 0.25) is 10.0 Å². The number of nitrogens with two attached hydrogens (primary N) is 1. The molecule has 3 aromatic rings. The van der Waals surface area contributed by atoms with Crippen LogP contribution in [0.3, 0.4) is 0 Å². The van der Waals surface area contributed by atoms with Crippen molar-refractivity contribution in [2.24, 2.45) is 11.1 Å². The summed E-state index contributed by atoms with van der Waals surface area (Å²) < 4.78 is 2.07. The highest BCUT2D eigenvalue weighted by Crippen LogP contribution is 2.48. The highest BCUT2D eigenvalue weighted by molar-refractivity contribution is 7.99. The van der Waals surface area contributed by atoms with E-state index in [1.54, 1.807) is 6.07 Å². The number of rotatable bonds is 3. The quantitative estimate of drug-likeness (QED) is 0.608. The van der Waals surface area contributed by atoms with Gasteiger partial charge in [-0.2, -0.15) is 5.10 Å². The van der Waals surface area contributed by atoms with Gasteiger partial charge < -0.3 is 10.6 Å². The number of aromatic nitrogens is 4. The minimum atomic E-state index is 0.0520. The Labute approximate surface area is 189 Å². The molecule has 2 aromatic heterocycles. The van der Waals surface area contributed by atoms with E-state index >= 15 is 0 Å². The Hall–Kier alpha value is -1.80. The van der Waals surface area contributed by atoms with Crippen molar-refractivity contribution >= 4 is 40.8 Å². The molecule has 2 N–H and O–H groups in total. The van der Waals surface area contributed by atoms with E-state index in [-0.39, 0.29) is 11.5 Å². The second-order valence-electron chi connectivity index (χ2n) is 8.01. The second kappa shape index (κ2) is 7.71. The molecule has 2 aliphatic rings. The van der Waals surface area contributed by atoms with Crippen LogP contribution in [-0.4, -0.2) is 32.8 Å². The van der Waals surface area contributed by atoms with E-state index in [0.29, 0.717) is 10.0 Å². The van der Waals surface area contributed by atoms with Crippen molar-refractivity contribution in [2.75, 3.05) is 18.0 Å². The monoisotopic (exact) mass is 460 g/mol. The van der Waals surface area contributed by atoms with Crippen molar-refractivity contribution < 1.29 is 0 Å². The molecule has 0 bridgehead atoms. The van der Waals surface area contributed by atoms with Gasteiger partial charge in [0.05, 0.1) is 33.7 Å². The molecule has 1 atom stereocenters. The SMILES string of the molecule is Cc1nc(N2CCC3(CC2)Cn2nccc2[C@H]3N)cnc1Sc1cccc(Cl)c1Cl. The molecule has 30 heavy (non-hydrogen) atoms. The minimum Gasteiger partial charge on any atom is -0.355 e. The van der Waals surface area contributed by atoms with Gasteiger partial charge >= 0.3 is 0 Å². The molecule has 0 saturated carbocycles. The molecule has 1 spiro atoms. The third-order valence-corrected chi connectivity index (χ3v) is 8.37. The maximum absolute atomic E-state index is 6.59. The van der Waals surface area contributed by atoms with Crippen molar-refractivity contribution in [3.8, 4) is 0 Å². The van der Waals surface area contributed by atoms with Crippen LogP contribution < -0.4 is 10.6 Å². The lowest BCUT2D eigenvalue weighted by atomic mass is 9.73. The average Bonchev–Trinajstić information content (AvgIpc) is 3.29. The third kappa shape index (κ3) is 3.38. The van der Waals surface area contributed by atoms with Crippen LogP contribution in [0, 0.1) is 12.3 Å². The van der Waals surface area contributed by atoms with Gasteiger partial charge in [-0.3, -0.25) is 4.68 Å². The fraction of sp³-hybridized carbons (Fsp3) is 0.381. The van der Waals surface area contributed by atoms with E-state index in [1.165, 1.54) is 11.8 Å². The van der Waals surface area contributed by atoms with E-state index in [2.05, 4.69) is 19.7 Å². The van der Waals surface area contributed by atoms with Crippen LogP contribution >= 0.6 is 35.0 Å². The van der Waals surface area contributed by atoms with Crippen molar-refractivity contribution in [3.05, 3.63) is 58.1 Å². The number of benzene rings is 1. The molecule has 1 fully saturated rings. The lowest BCUT2D eigenvalue weighted by molar-refractivity contribution is 0.170. The lowest BCUT2D eigenvalue weighted by Crippen LogP contribution is -2.45. The fourth-order valence-electron chi connectivity index (χ4n) is 4.48. The maximum atomic E-state index is 6.59. The highest BCUT2D eigenvalue weighted by Gasteiger charge is 2.47. The Morgan fingerprint density at radius 1 is 1.20 bits per heavy atom. The van der Waals surface area contributed by atoms with Crippen LogP contribution in [-0.2, 0) is 6.54 Å². The van der Waals surface area contributed by atoms with Gasteiger partial charge in [0, 0.05) is 36.1 Å². The fourth-order valence-corrected chi connectivity index (χ4v) is 5.80. The molecular weight excluding hydrogens is 439 g/mol. The summed E-state index contributed by atoms with van der Waals surface area (Å²) in [5, 5.41) is 6.34. The Morgan fingerprint density at radius 3 is 2.73 bits per heavy atom. The Morgan fingerprint density at radius 2 is 2.00 bits per heavy atom. The minimum absolute atomic E-state index is 0.0520. The molecule has 0 unspecified atom stereocenters. The summed E-state index contributed by atoms with van der Waals surface area (Å²) in [7, 11) is 0. The summed E-state index contributed by atoms with van der Waals surface area (Å²) in [6.07, 6.45) is 5.73. The summed E-state index contributed by atoms with van der Waals surface area (Å²) >= 11 is 13.9. The number of anilines is 1. The van der Waals surface area contributed by atoms with Crippen LogP contribution in [0.5, 0.6) is 0 Å². The van der Waals surface area contributed by atoms with E-state index in [4.69, 9.17) is 33.9 Å². The average molecular weight is 461 g/mol. The first-order chi connectivity index (χ1) is 14.5. The largest absolute Gasteiger partial charge is 0.355 e. The molecule has 4 heterocycles. The van der Waals surface area contributed by atoms with E-state index < -0.39 is 0 Å². The van der Waals surface area contributed by atoms with Gasteiger partial charge in [-0.1, -0.05) is 41.0 Å². The van der Waals surface area contributed by atoms with E-state index in [0.717, 1.165) is 59.6 Å². The molecule has 0 aliphatic carbocycles. The Kier molecular flexibility index (Phi) is 5.17. The van der Waals surface area contributed by atoms with Crippen LogP contribution in [0.1, 0.15) is 30.3 Å². The van der Waals surface area contributed by atoms with Crippen molar-refractivity contribution in [1.82, 2.24) is 19.7 Å². The summed E-state index contributed by atoms with van der Waals surface area (Å²) in [6, 6.07) is 7.70. The Balaban J connectivity index is 1.29. The predicted octanol–water partition coefficient (Wildman–Crippen LogP) is 4.74. The normalized spacial score (nSPS) is 20.0. The number of nitrogens with zero attached hydrogens (tertiary/aromatic N) is 5. The topological polar surface area (TPSA) is 72.9 Å². The smallest absolute Gasteiger partial charge is 0.147 e. The maximum Gasteiger partial charge on any atom is 0.147 e. The number of halogens is 2. The third-order valence-electron chi connectivity index (χ3n) is 6.29. The van der Waals surface area contributed by atoms with Gasteiger partial charge in [0.25, 0.3) is 0 Å². The lowest BCUT2D eigenvalue weighted by Gasteiger charge is -2.41. The zero-order chi connectivity index (χ0) is 20.9. The molecule has 9 heteroatoms. The number of piperidine rings is 1. The van der Waals surface area contributed by atoms with Crippen molar-refractivity contribution in [2.45, 2.75) is 42.3 Å². The number of hydrogen-bond donors (Lipinski definition) is 1. The first-order valence-corrected chi connectivity index (χ1v) is 11.5. The predicted molar refractivity (Wildman–Crippen MR) is 120 cm³/mol. The Bertz CT molecular complexity index is 1090. The first kappa shape index (κ1) is 20.1. The first-order valence-electron chi connectivity index (χ1n) is 9.95. The summed E-state index contributed by atoms with van der Waals surface area (Å²) in [5.74, 6) is 0.910. The van der Waals surface area contributed by atoms with Crippen LogP contribution in [0.15, 0.2) is 46.6 Å². The molecule has 0 amide bonds. The van der Waals surface area contributed by atoms with E-state index in [9.17, 15) is 0 Å². The van der Waals surface area contributed by atoms with Gasteiger partial charge in [-0.05, 0) is 38.0 Å². The van der Waals surface area contributed by atoms with Crippen molar-refractivity contribution in [3.63, 3.8) is 0 Å². The highest BCUT2D eigenvalue weighted by atomic mass is 35.5. The van der Waals surface area contributed by atoms with Crippen LogP contribution in [0.4, 0.5) is 5.82 Å². The summed E-state index contributed by atoms with van der Waals surface area (Å²) in [6.45, 7) is 4.72. The summed E-state index contributed by atoms with van der Waals surface area (Å²) in [4.78, 5) is 12.7. The zero-order valence-electron chi connectivity index (χ0n) is 16.6. The standard InChI is InChI=1S/C21H22Cl2N6S/c1-13-20(30-16-4-2-3-14(22)18(16)23)25-11-17(27-13)28-9-6-21(7-10-28)12-29-15(19(21)24)5-8-26-29/h2-5,8,11,19H,6-7,9-10,12,24H2,1H3/t19-/m1/s1. The number of aryl methyl sites for hydroxylation is 1. The molecule has 5 rings (SSSR count). The molecule has 1 aromatic carbocycles. The van der Waals surface area contributed by atoms with Gasteiger partial charge in [-0.25, -0.2) is 9.97 Å². The zero-order valence-corrected chi connectivity index (χ0v) is 18.9. The molecule has 1 saturated heterocycles. The van der Waals surface area contributed by atoms with E-state index in [1.807, 2.05) is 37.5 Å². The molecule has 156 valence electrons. The van der Waals surface area contributed by atoms with Gasteiger partial charge in [0.1, 0.15) is 10.8 Å². The van der Waals surface area contributed by atoms with Crippen LogP contribution in [0.25, 0.3) is 0 Å². The van der Waals surface area contributed by atoms with Crippen molar-refractivity contribution in [1.29, 1.82) is 0 Å². The molecule has 6 nitrogen and oxygen atoms in total. The van der Waals surface area contributed by atoms with Gasteiger partial charge in [-0.15, -0.1) is 0 Å².